The van der Waals surface area contributed by atoms with Gasteiger partial charge in [-0.1, -0.05) is 18.2 Å². The summed E-state index contributed by atoms with van der Waals surface area (Å²) in [5, 5.41) is 4.63. The number of nitrogens with zero attached hydrogens (tertiary/aromatic N) is 4. The van der Waals surface area contributed by atoms with E-state index in [1.54, 1.807) is 17.9 Å². The zero-order valence-corrected chi connectivity index (χ0v) is 14.2. The Kier molecular flexibility index (Phi) is 4.23. The minimum atomic E-state index is -0.129. The van der Waals surface area contributed by atoms with E-state index in [2.05, 4.69) is 20.0 Å². The van der Waals surface area contributed by atoms with Crippen LogP contribution in [-0.4, -0.2) is 43.8 Å². The van der Waals surface area contributed by atoms with Crippen molar-refractivity contribution in [3.63, 3.8) is 0 Å². The predicted octanol–water partition coefficient (Wildman–Crippen LogP) is 1.70. The Morgan fingerprint density at radius 3 is 2.76 bits per heavy atom. The van der Waals surface area contributed by atoms with Gasteiger partial charge in [-0.3, -0.25) is 14.4 Å². The summed E-state index contributed by atoms with van der Waals surface area (Å²) in [5.41, 5.74) is 0.497. The van der Waals surface area contributed by atoms with Crippen molar-refractivity contribution in [2.24, 2.45) is 7.05 Å². The summed E-state index contributed by atoms with van der Waals surface area (Å²) in [5.74, 6) is 1.61. The number of benzene rings is 1. The maximum atomic E-state index is 12.1. The minimum Gasteiger partial charge on any atom is -0.490 e. The lowest BCUT2D eigenvalue weighted by atomic mass is 10.1. The molecule has 0 atom stereocenters. The third-order valence-corrected chi connectivity index (χ3v) is 4.60. The molecule has 3 heterocycles. The molecule has 1 aliphatic heterocycles. The summed E-state index contributed by atoms with van der Waals surface area (Å²) in [7, 11) is 1.80. The molecule has 1 aromatic carbocycles. The van der Waals surface area contributed by atoms with Crippen LogP contribution >= 0.6 is 0 Å². The lowest BCUT2D eigenvalue weighted by Gasteiger charge is -2.31. The molecule has 130 valence electrons. The maximum Gasteiger partial charge on any atom is 0.262 e. The fraction of sp³-hybridized carbons (Fsp3) is 0.389. The number of aromatic nitrogens is 4. The number of hydrogen-bond donors (Lipinski definition) is 1. The van der Waals surface area contributed by atoms with Crippen molar-refractivity contribution < 1.29 is 4.74 Å². The first-order chi connectivity index (χ1) is 12.2. The van der Waals surface area contributed by atoms with Crippen LogP contribution < -0.4 is 10.3 Å². The number of fused-ring (bicyclic) bond motifs is 1. The molecule has 1 saturated heterocycles. The number of likely N-dealkylation sites (tertiary alicyclic amines) is 1. The van der Waals surface area contributed by atoms with Crippen LogP contribution in [0.25, 0.3) is 11.0 Å². The molecule has 0 spiro atoms. The molecule has 4 rings (SSSR count). The van der Waals surface area contributed by atoms with E-state index in [1.165, 1.54) is 0 Å². The van der Waals surface area contributed by atoms with Gasteiger partial charge in [-0.15, -0.1) is 0 Å². The van der Waals surface area contributed by atoms with Crippen molar-refractivity contribution in [2.45, 2.75) is 25.5 Å². The van der Waals surface area contributed by atoms with Crippen molar-refractivity contribution in [2.75, 3.05) is 13.1 Å². The van der Waals surface area contributed by atoms with E-state index < -0.39 is 0 Å². The van der Waals surface area contributed by atoms with E-state index in [9.17, 15) is 4.79 Å². The Morgan fingerprint density at radius 2 is 2.00 bits per heavy atom. The number of H-pyrrole nitrogens is 1. The summed E-state index contributed by atoms with van der Waals surface area (Å²) in [4.78, 5) is 21.8. The Morgan fingerprint density at radius 1 is 1.24 bits per heavy atom. The topological polar surface area (TPSA) is 76.0 Å². The zero-order chi connectivity index (χ0) is 17.2. The molecule has 3 aromatic rings. The number of aryl methyl sites for hydroxylation is 1. The minimum absolute atomic E-state index is 0.129. The number of hydrogen-bond acceptors (Lipinski definition) is 5. The smallest absolute Gasteiger partial charge is 0.262 e. The molecule has 2 aromatic heterocycles. The normalized spacial score (nSPS) is 16.4. The molecular formula is C18H21N5O2. The van der Waals surface area contributed by atoms with Crippen LogP contribution in [-0.2, 0) is 13.6 Å². The summed E-state index contributed by atoms with van der Waals surface area (Å²) < 4.78 is 7.66. The van der Waals surface area contributed by atoms with Gasteiger partial charge in [0, 0.05) is 20.1 Å². The molecule has 0 unspecified atom stereocenters. The van der Waals surface area contributed by atoms with Gasteiger partial charge < -0.3 is 9.72 Å². The molecule has 1 fully saturated rings. The molecule has 7 heteroatoms. The number of nitrogens with one attached hydrogen (secondary N) is 1. The van der Waals surface area contributed by atoms with Gasteiger partial charge in [0.25, 0.3) is 5.56 Å². The highest BCUT2D eigenvalue weighted by atomic mass is 16.5. The second-order valence-electron chi connectivity index (χ2n) is 6.42. The van der Waals surface area contributed by atoms with Crippen LogP contribution in [0.4, 0.5) is 0 Å². The van der Waals surface area contributed by atoms with E-state index >= 15 is 0 Å². The van der Waals surface area contributed by atoms with Crippen LogP contribution in [0.2, 0.25) is 0 Å². The predicted molar refractivity (Wildman–Crippen MR) is 94.5 cm³/mol. The third kappa shape index (κ3) is 3.41. The molecule has 7 nitrogen and oxygen atoms in total. The summed E-state index contributed by atoms with van der Waals surface area (Å²) in [6, 6.07) is 9.94. The first-order valence-electron chi connectivity index (χ1n) is 8.54. The van der Waals surface area contributed by atoms with Crippen molar-refractivity contribution >= 4 is 11.0 Å². The van der Waals surface area contributed by atoms with Gasteiger partial charge >= 0.3 is 0 Å². The Hall–Kier alpha value is -2.67. The SMILES string of the molecule is Cn1ncc2c(=O)[nH]c(CN3CCC(Oc4ccccc4)CC3)nc21. The Balaban J connectivity index is 1.39. The van der Waals surface area contributed by atoms with E-state index in [0.717, 1.165) is 31.7 Å². The molecule has 0 radical (unpaired) electrons. The molecule has 1 N–H and O–H groups in total. The van der Waals surface area contributed by atoms with E-state index in [1.807, 2.05) is 30.3 Å². The largest absolute Gasteiger partial charge is 0.490 e. The highest BCUT2D eigenvalue weighted by Crippen LogP contribution is 2.19. The Bertz CT molecular complexity index is 910. The van der Waals surface area contributed by atoms with Gasteiger partial charge in [-0.05, 0) is 25.0 Å². The highest BCUT2D eigenvalue weighted by molar-refractivity contribution is 5.72. The van der Waals surface area contributed by atoms with Gasteiger partial charge in [0.05, 0.1) is 12.7 Å². The van der Waals surface area contributed by atoms with Gasteiger partial charge in [0.2, 0.25) is 0 Å². The fourth-order valence-corrected chi connectivity index (χ4v) is 3.24. The average molecular weight is 339 g/mol. The lowest BCUT2D eigenvalue weighted by molar-refractivity contribution is 0.0954. The van der Waals surface area contributed by atoms with Gasteiger partial charge in [0.1, 0.15) is 23.1 Å². The van der Waals surface area contributed by atoms with Crippen molar-refractivity contribution in [1.29, 1.82) is 0 Å². The van der Waals surface area contributed by atoms with Crippen molar-refractivity contribution in [3.8, 4) is 5.75 Å². The first-order valence-corrected chi connectivity index (χ1v) is 8.54. The monoisotopic (exact) mass is 339 g/mol. The summed E-state index contributed by atoms with van der Waals surface area (Å²) in [6.07, 6.45) is 3.72. The van der Waals surface area contributed by atoms with E-state index in [0.29, 0.717) is 23.4 Å². The second-order valence-corrected chi connectivity index (χ2v) is 6.42. The quantitative estimate of drug-likeness (QED) is 0.783. The zero-order valence-electron chi connectivity index (χ0n) is 14.2. The van der Waals surface area contributed by atoms with Crippen LogP contribution in [0, 0.1) is 0 Å². The first kappa shape index (κ1) is 15.8. The van der Waals surface area contributed by atoms with Crippen LogP contribution in [0.1, 0.15) is 18.7 Å². The number of aromatic amines is 1. The molecule has 0 saturated carbocycles. The molecule has 0 bridgehead atoms. The Labute approximate surface area is 145 Å². The number of ether oxygens (including phenoxy) is 1. The van der Waals surface area contributed by atoms with Gasteiger partial charge in [-0.2, -0.15) is 5.10 Å². The fourth-order valence-electron chi connectivity index (χ4n) is 3.24. The average Bonchev–Trinajstić information content (AvgIpc) is 2.99. The van der Waals surface area contributed by atoms with Gasteiger partial charge in [0.15, 0.2) is 5.65 Å². The summed E-state index contributed by atoms with van der Waals surface area (Å²) in [6.45, 7) is 2.48. The van der Waals surface area contributed by atoms with Crippen LogP contribution in [0.3, 0.4) is 0 Å². The lowest BCUT2D eigenvalue weighted by Crippen LogP contribution is -2.38. The molecule has 1 aliphatic rings. The molecule has 25 heavy (non-hydrogen) atoms. The third-order valence-electron chi connectivity index (χ3n) is 4.60. The molecular weight excluding hydrogens is 318 g/mol. The van der Waals surface area contributed by atoms with Crippen LogP contribution in [0.5, 0.6) is 5.75 Å². The second kappa shape index (κ2) is 6.68. The van der Waals surface area contributed by atoms with Gasteiger partial charge in [-0.25, -0.2) is 4.98 Å². The van der Waals surface area contributed by atoms with E-state index in [-0.39, 0.29) is 11.7 Å². The number of rotatable bonds is 4. The standard InChI is InChI=1S/C18H21N5O2/c1-22-17-15(11-19-22)18(24)21-16(20-17)12-23-9-7-14(8-10-23)25-13-5-3-2-4-6-13/h2-6,11,14H,7-10,12H2,1H3,(H,20,21,24). The molecule has 0 aliphatic carbocycles. The highest BCUT2D eigenvalue weighted by Gasteiger charge is 2.21. The molecule has 0 amide bonds. The maximum absolute atomic E-state index is 12.1. The van der Waals surface area contributed by atoms with Crippen molar-refractivity contribution in [1.82, 2.24) is 24.6 Å². The van der Waals surface area contributed by atoms with E-state index in [4.69, 9.17) is 4.74 Å². The summed E-state index contributed by atoms with van der Waals surface area (Å²) >= 11 is 0. The van der Waals surface area contributed by atoms with Crippen LogP contribution in [0.15, 0.2) is 41.3 Å². The number of piperidine rings is 1. The van der Waals surface area contributed by atoms with Crippen molar-refractivity contribution in [3.05, 3.63) is 52.7 Å². The number of para-hydroxylation sites is 1.